The molecular formula is C24H52N2O4S. The van der Waals surface area contributed by atoms with E-state index >= 15 is 0 Å². The van der Waals surface area contributed by atoms with Crippen molar-refractivity contribution in [1.82, 2.24) is 4.90 Å². The largest absolute Gasteiger partial charge is 0.748 e. The Labute approximate surface area is 194 Å². The third-order valence-electron chi connectivity index (χ3n) is 6.17. The quantitative estimate of drug-likeness (QED) is 0.178. The van der Waals surface area contributed by atoms with Gasteiger partial charge < -0.3 is 13.8 Å². The molecule has 0 unspecified atom stereocenters. The minimum absolute atomic E-state index is 0.239. The number of morpholine rings is 1. The van der Waals surface area contributed by atoms with E-state index in [-0.39, 0.29) is 5.75 Å². The van der Waals surface area contributed by atoms with Crippen molar-refractivity contribution in [2.24, 2.45) is 0 Å². The van der Waals surface area contributed by atoms with Gasteiger partial charge in [0.15, 0.2) is 0 Å². The summed E-state index contributed by atoms with van der Waals surface area (Å²) in [6, 6.07) is 0. The van der Waals surface area contributed by atoms with Crippen LogP contribution >= 0.6 is 0 Å². The molecule has 1 aliphatic heterocycles. The first-order valence-electron chi connectivity index (χ1n) is 12.9. The second kappa shape index (κ2) is 19.3. The summed E-state index contributed by atoms with van der Waals surface area (Å²) in [4.78, 5) is 2.22. The molecule has 1 saturated heterocycles. The molecule has 0 bridgehead atoms. The van der Waals surface area contributed by atoms with Crippen molar-refractivity contribution in [1.29, 1.82) is 0 Å². The third-order valence-corrected chi connectivity index (χ3v) is 6.96. The Morgan fingerprint density at radius 2 is 1.16 bits per heavy atom. The molecule has 0 atom stereocenters. The zero-order chi connectivity index (χ0) is 23.4. The lowest BCUT2D eigenvalue weighted by atomic mass is 10.1. The molecule has 31 heavy (non-hydrogen) atoms. The van der Waals surface area contributed by atoms with Gasteiger partial charge in [-0.15, -0.1) is 0 Å². The second-order valence-electron chi connectivity index (χ2n) is 9.07. The number of nitrogens with zero attached hydrogens (tertiary/aromatic N) is 2. The number of hydrogen-bond donors (Lipinski definition) is 0. The van der Waals surface area contributed by atoms with Crippen LogP contribution in [0.5, 0.6) is 0 Å². The standard InChI is InChI=1S/C16H36N.C8H17NO4S/c1-5-9-13-17(14-10-6-2,15-11-7-3)16-12-8-4;10-14(11,12)8-2-1-3-9-4-6-13-7-5-9/h5-16H2,1-4H3;1-8H2,(H,10,11,12)/q+1;/p-1. The molecule has 0 aliphatic carbocycles. The summed E-state index contributed by atoms with van der Waals surface area (Å²) in [6.45, 7) is 19.2. The van der Waals surface area contributed by atoms with Crippen molar-refractivity contribution in [3.05, 3.63) is 0 Å². The van der Waals surface area contributed by atoms with Crippen LogP contribution in [0.25, 0.3) is 0 Å². The molecule has 0 saturated carbocycles. The predicted molar refractivity (Wildman–Crippen MR) is 130 cm³/mol. The van der Waals surface area contributed by atoms with Crippen LogP contribution < -0.4 is 0 Å². The zero-order valence-electron chi connectivity index (χ0n) is 21.1. The van der Waals surface area contributed by atoms with Gasteiger partial charge in [-0.2, -0.15) is 0 Å². The Balaban J connectivity index is 0.000000590. The molecule has 1 fully saturated rings. The molecule has 0 aromatic carbocycles. The number of rotatable bonds is 17. The van der Waals surface area contributed by atoms with E-state index in [0.717, 1.165) is 39.3 Å². The van der Waals surface area contributed by atoms with Crippen LogP contribution in [0.15, 0.2) is 0 Å². The number of unbranched alkanes of at least 4 members (excludes halogenated alkanes) is 5. The summed E-state index contributed by atoms with van der Waals surface area (Å²) in [7, 11) is -4.02. The van der Waals surface area contributed by atoms with Crippen molar-refractivity contribution in [3.63, 3.8) is 0 Å². The first-order valence-corrected chi connectivity index (χ1v) is 14.5. The van der Waals surface area contributed by atoms with Gasteiger partial charge in [0, 0.05) is 18.8 Å². The molecule has 7 heteroatoms. The van der Waals surface area contributed by atoms with Gasteiger partial charge in [0.1, 0.15) is 0 Å². The van der Waals surface area contributed by atoms with E-state index in [0.29, 0.717) is 6.42 Å². The molecule has 1 rings (SSSR count). The lowest BCUT2D eigenvalue weighted by molar-refractivity contribution is -0.929. The summed E-state index contributed by atoms with van der Waals surface area (Å²) in [6.07, 6.45) is 12.3. The van der Waals surface area contributed by atoms with Crippen LogP contribution in [0.4, 0.5) is 0 Å². The normalized spacial score (nSPS) is 15.5. The maximum atomic E-state index is 10.3. The molecule has 0 spiro atoms. The summed E-state index contributed by atoms with van der Waals surface area (Å²) in [5.74, 6) is -0.239. The van der Waals surface area contributed by atoms with E-state index in [1.165, 1.54) is 82.0 Å². The third kappa shape index (κ3) is 18.0. The highest BCUT2D eigenvalue weighted by Gasteiger charge is 2.24. The maximum Gasteiger partial charge on any atom is 0.0945 e. The van der Waals surface area contributed by atoms with E-state index in [1.807, 2.05) is 0 Å². The van der Waals surface area contributed by atoms with Gasteiger partial charge in [-0.1, -0.05) is 53.4 Å². The van der Waals surface area contributed by atoms with Gasteiger partial charge in [-0.25, -0.2) is 8.42 Å². The molecule has 6 nitrogen and oxygen atoms in total. The van der Waals surface area contributed by atoms with E-state index in [4.69, 9.17) is 4.74 Å². The predicted octanol–water partition coefficient (Wildman–Crippen LogP) is 4.65. The SMILES string of the molecule is CCCC[N+](CCCC)(CCCC)CCCC.O=S(=O)([O-])CCCCN1CCOCC1. The Morgan fingerprint density at radius 1 is 0.742 bits per heavy atom. The monoisotopic (exact) mass is 464 g/mol. The zero-order valence-corrected chi connectivity index (χ0v) is 21.9. The molecule has 0 N–H and O–H groups in total. The van der Waals surface area contributed by atoms with E-state index in [9.17, 15) is 13.0 Å². The molecule has 0 amide bonds. The van der Waals surface area contributed by atoms with Crippen LogP contribution in [0.3, 0.4) is 0 Å². The minimum atomic E-state index is -4.02. The smallest absolute Gasteiger partial charge is 0.0945 e. The number of ether oxygens (including phenoxy) is 1. The molecule has 188 valence electrons. The van der Waals surface area contributed by atoms with Gasteiger partial charge in [-0.3, -0.25) is 4.90 Å². The Kier molecular flexibility index (Phi) is 19.1. The van der Waals surface area contributed by atoms with Crippen LogP contribution in [-0.2, 0) is 14.9 Å². The summed E-state index contributed by atoms with van der Waals surface area (Å²) >= 11 is 0. The Hall–Kier alpha value is -0.210. The second-order valence-corrected chi connectivity index (χ2v) is 10.6. The Morgan fingerprint density at radius 3 is 1.52 bits per heavy atom. The van der Waals surface area contributed by atoms with E-state index in [1.54, 1.807) is 0 Å². The van der Waals surface area contributed by atoms with Crippen molar-refractivity contribution in [3.8, 4) is 0 Å². The first-order chi connectivity index (χ1) is 14.8. The van der Waals surface area contributed by atoms with Crippen LogP contribution in [0.1, 0.15) is 91.9 Å². The minimum Gasteiger partial charge on any atom is -0.748 e. The van der Waals surface area contributed by atoms with Crippen molar-refractivity contribution >= 4 is 10.1 Å². The molecular weight excluding hydrogens is 412 g/mol. The first kappa shape index (κ1) is 30.8. The average Bonchev–Trinajstić information content (AvgIpc) is 2.76. The van der Waals surface area contributed by atoms with E-state index < -0.39 is 10.1 Å². The molecule has 0 aromatic heterocycles. The van der Waals surface area contributed by atoms with Gasteiger partial charge in [0.05, 0.1) is 49.5 Å². The highest BCUT2D eigenvalue weighted by molar-refractivity contribution is 7.85. The molecule has 1 heterocycles. The summed E-state index contributed by atoms with van der Waals surface area (Å²) in [5, 5.41) is 0. The number of quaternary nitrogens is 1. The fourth-order valence-corrected chi connectivity index (χ4v) is 4.64. The highest BCUT2D eigenvalue weighted by atomic mass is 32.2. The van der Waals surface area contributed by atoms with Gasteiger partial charge in [0.25, 0.3) is 0 Å². The topological polar surface area (TPSA) is 69.7 Å². The molecule has 0 radical (unpaired) electrons. The van der Waals surface area contributed by atoms with Crippen LogP contribution in [0, 0.1) is 0 Å². The molecule has 1 aliphatic rings. The summed E-state index contributed by atoms with van der Waals surface area (Å²) in [5.41, 5.74) is 0. The van der Waals surface area contributed by atoms with Gasteiger partial charge in [0.2, 0.25) is 0 Å². The van der Waals surface area contributed by atoms with Gasteiger partial charge >= 0.3 is 0 Å². The lowest BCUT2D eigenvalue weighted by Crippen LogP contribution is -2.50. The van der Waals surface area contributed by atoms with Crippen molar-refractivity contribution in [2.75, 3.05) is 64.8 Å². The van der Waals surface area contributed by atoms with Gasteiger partial charge in [-0.05, 0) is 45.1 Å². The maximum absolute atomic E-state index is 10.3. The highest BCUT2D eigenvalue weighted by Crippen LogP contribution is 2.16. The molecule has 0 aromatic rings. The average molecular weight is 465 g/mol. The van der Waals surface area contributed by atoms with Crippen LogP contribution in [0.2, 0.25) is 0 Å². The fourth-order valence-electron chi connectivity index (χ4n) is 4.08. The van der Waals surface area contributed by atoms with Crippen molar-refractivity contribution in [2.45, 2.75) is 91.9 Å². The van der Waals surface area contributed by atoms with Crippen molar-refractivity contribution < 1.29 is 22.2 Å². The summed E-state index contributed by atoms with van der Waals surface area (Å²) < 4.78 is 37.5. The lowest BCUT2D eigenvalue weighted by Gasteiger charge is -2.39. The fraction of sp³-hybridized carbons (Fsp3) is 1.00. The Bertz CT molecular complexity index is 456. The number of hydrogen-bond acceptors (Lipinski definition) is 5. The van der Waals surface area contributed by atoms with Crippen LogP contribution in [-0.4, -0.2) is 87.1 Å². The van der Waals surface area contributed by atoms with E-state index in [2.05, 4.69) is 32.6 Å².